The van der Waals surface area contributed by atoms with Crippen LogP contribution in [0.5, 0.6) is 5.75 Å². The van der Waals surface area contributed by atoms with Crippen LogP contribution in [0.4, 0.5) is 0 Å². The van der Waals surface area contributed by atoms with E-state index in [1.54, 1.807) is 24.0 Å². The molecule has 1 aromatic carbocycles. The quantitative estimate of drug-likeness (QED) is 0.811. The van der Waals surface area contributed by atoms with Crippen molar-refractivity contribution in [1.29, 1.82) is 0 Å². The average molecular weight is 405 g/mol. The van der Waals surface area contributed by atoms with Crippen molar-refractivity contribution in [3.8, 4) is 5.75 Å². The van der Waals surface area contributed by atoms with Crippen LogP contribution in [0.15, 0.2) is 29.2 Å². The van der Waals surface area contributed by atoms with Crippen molar-refractivity contribution < 1.29 is 17.9 Å². The maximum absolute atomic E-state index is 12.7. The highest BCUT2D eigenvalue weighted by atomic mass is 35.5. The van der Waals surface area contributed by atoms with Gasteiger partial charge in [-0.3, -0.25) is 4.79 Å². The predicted molar refractivity (Wildman–Crippen MR) is 104 cm³/mol. The Morgan fingerprint density at radius 1 is 1.35 bits per heavy atom. The van der Waals surface area contributed by atoms with E-state index < -0.39 is 15.8 Å². The zero-order valence-corrected chi connectivity index (χ0v) is 17.4. The second-order valence-electron chi connectivity index (χ2n) is 7.50. The molecule has 2 rings (SSSR count). The summed E-state index contributed by atoms with van der Waals surface area (Å²) in [4.78, 5) is 14.7. The normalized spacial score (nSPS) is 20.8. The lowest BCUT2D eigenvalue weighted by atomic mass is 9.79. The highest BCUT2D eigenvalue weighted by Crippen LogP contribution is 2.29. The number of methoxy groups -OCH3 is 1. The van der Waals surface area contributed by atoms with E-state index in [0.29, 0.717) is 18.8 Å². The van der Waals surface area contributed by atoms with Gasteiger partial charge in [-0.1, -0.05) is 20.8 Å². The fourth-order valence-electron chi connectivity index (χ4n) is 3.15. The molecule has 0 bridgehead atoms. The van der Waals surface area contributed by atoms with E-state index in [1.807, 2.05) is 13.8 Å². The molecule has 0 aliphatic carbocycles. The zero-order valence-electron chi connectivity index (χ0n) is 15.8. The number of rotatable bonds is 5. The van der Waals surface area contributed by atoms with Crippen LogP contribution in [0.25, 0.3) is 0 Å². The Bertz CT molecular complexity index is 719. The molecule has 2 unspecified atom stereocenters. The molecule has 26 heavy (non-hydrogen) atoms. The summed E-state index contributed by atoms with van der Waals surface area (Å²) in [6.45, 7) is 6.88. The zero-order chi connectivity index (χ0) is 18.8. The van der Waals surface area contributed by atoms with Crippen LogP contribution in [0, 0.1) is 11.3 Å². The smallest absolute Gasteiger partial charge is 0.226 e. The summed E-state index contributed by atoms with van der Waals surface area (Å²) in [6, 6.07) is 6.28. The third kappa shape index (κ3) is 5.11. The summed E-state index contributed by atoms with van der Waals surface area (Å²) in [5.41, 5.74) is 5.94. The SMILES string of the molecule is COc1ccc(S(=O)(=O)CC(C)C(=O)N2CCC(N)C(C)(C)C2)cc1.Cl. The van der Waals surface area contributed by atoms with E-state index in [4.69, 9.17) is 10.5 Å². The highest BCUT2D eigenvalue weighted by Gasteiger charge is 2.37. The van der Waals surface area contributed by atoms with E-state index in [9.17, 15) is 13.2 Å². The summed E-state index contributed by atoms with van der Waals surface area (Å²) in [5, 5.41) is 0. The topological polar surface area (TPSA) is 89.7 Å². The fourth-order valence-corrected chi connectivity index (χ4v) is 4.70. The second-order valence-corrected chi connectivity index (χ2v) is 9.54. The molecule has 1 amide bonds. The summed E-state index contributed by atoms with van der Waals surface area (Å²) < 4.78 is 30.2. The summed E-state index contributed by atoms with van der Waals surface area (Å²) in [6.07, 6.45) is 0.733. The molecule has 0 radical (unpaired) electrons. The molecule has 0 spiro atoms. The average Bonchev–Trinajstić information content (AvgIpc) is 2.56. The van der Waals surface area contributed by atoms with Gasteiger partial charge < -0.3 is 15.4 Å². The van der Waals surface area contributed by atoms with Crippen molar-refractivity contribution >= 4 is 28.2 Å². The van der Waals surface area contributed by atoms with Crippen molar-refractivity contribution in [2.75, 3.05) is 26.0 Å². The van der Waals surface area contributed by atoms with E-state index >= 15 is 0 Å². The van der Waals surface area contributed by atoms with Gasteiger partial charge in [0, 0.05) is 25.0 Å². The maximum atomic E-state index is 12.7. The first-order valence-corrected chi connectivity index (χ1v) is 10.1. The number of ether oxygens (including phenoxy) is 1. The van der Waals surface area contributed by atoms with Gasteiger partial charge in [0.05, 0.1) is 17.8 Å². The number of likely N-dealkylation sites (tertiary alicyclic amines) is 1. The van der Waals surface area contributed by atoms with Gasteiger partial charge in [-0.25, -0.2) is 8.42 Å². The number of carbonyl (C=O) groups excluding carboxylic acids is 1. The fraction of sp³-hybridized carbons (Fsp3) is 0.611. The third-order valence-electron chi connectivity index (χ3n) is 4.93. The largest absolute Gasteiger partial charge is 0.497 e. The number of nitrogens with two attached hydrogens (primary N) is 1. The molecule has 0 aromatic heterocycles. The summed E-state index contributed by atoms with van der Waals surface area (Å²) in [7, 11) is -2.01. The van der Waals surface area contributed by atoms with Crippen molar-refractivity contribution in [1.82, 2.24) is 4.90 Å². The van der Waals surface area contributed by atoms with Crippen LogP contribution in [-0.4, -0.2) is 51.2 Å². The minimum absolute atomic E-state index is 0. The lowest BCUT2D eigenvalue weighted by molar-refractivity contribution is -0.137. The number of amides is 1. The lowest BCUT2D eigenvalue weighted by Gasteiger charge is -2.43. The molecule has 0 saturated carbocycles. The van der Waals surface area contributed by atoms with Crippen LogP contribution < -0.4 is 10.5 Å². The van der Waals surface area contributed by atoms with Crippen molar-refractivity contribution in [3.63, 3.8) is 0 Å². The molecule has 1 heterocycles. The molecular weight excluding hydrogens is 376 g/mol. The van der Waals surface area contributed by atoms with Gasteiger partial charge in [-0.05, 0) is 36.1 Å². The monoisotopic (exact) mass is 404 g/mol. The molecule has 8 heteroatoms. The molecule has 1 aliphatic heterocycles. The van der Waals surface area contributed by atoms with E-state index in [1.165, 1.54) is 19.2 Å². The van der Waals surface area contributed by atoms with Gasteiger partial charge in [0.25, 0.3) is 0 Å². The van der Waals surface area contributed by atoms with Gasteiger partial charge in [0.1, 0.15) is 5.75 Å². The van der Waals surface area contributed by atoms with E-state index in [0.717, 1.165) is 6.42 Å². The number of halogens is 1. The Morgan fingerprint density at radius 3 is 2.42 bits per heavy atom. The molecular formula is C18H29ClN2O4S. The molecule has 1 saturated heterocycles. The summed E-state index contributed by atoms with van der Waals surface area (Å²) >= 11 is 0. The van der Waals surface area contributed by atoms with E-state index in [-0.39, 0.29) is 40.4 Å². The number of benzene rings is 1. The Morgan fingerprint density at radius 2 is 1.92 bits per heavy atom. The minimum atomic E-state index is -3.54. The van der Waals surface area contributed by atoms with Gasteiger partial charge >= 0.3 is 0 Å². The Hall–Kier alpha value is -1.31. The van der Waals surface area contributed by atoms with Gasteiger partial charge in [0.15, 0.2) is 9.84 Å². The number of hydrogen-bond donors (Lipinski definition) is 1. The van der Waals surface area contributed by atoms with Crippen LogP contribution in [0.2, 0.25) is 0 Å². The van der Waals surface area contributed by atoms with Crippen molar-refractivity contribution in [2.45, 2.75) is 38.1 Å². The van der Waals surface area contributed by atoms with Gasteiger partial charge in [0.2, 0.25) is 5.91 Å². The number of sulfone groups is 1. The first-order valence-electron chi connectivity index (χ1n) is 8.48. The number of piperidine rings is 1. The van der Waals surface area contributed by atoms with Crippen LogP contribution in [0.1, 0.15) is 27.2 Å². The van der Waals surface area contributed by atoms with Gasteiger partial charge in [-0.2, -0.15) is 0 Å². The van der Waals surface area contributed by atoms with Crippen LogP contribution >= 0.6 is 12.4 Å². The van der Waals surface area contributed by atoms with Gasteiger partial charge in [-0.15, -0.1) is 12.4 Å². The third-order valence-corrected chi connectivity index (χ3v) is 6.86. The van der Waals surface area contributed by atoms with Crippen LogP contribution in [-0.2, 0) is 14.6 Å². The number of nitrogens with zero attached hydrogens (tertiary/aromatic N) is 1. The Labute approximate surface area is 162 Å². The number of carbonyl (C=O) groups is 1. The van der Waals surface area contributed by atoms with Crippen LogP contribution in [0.3, 0.4) is 0 Å². The molecule has 148 valence electrons. The molecule has 1 fully saturated rings. The molecule has 1 aromatic rings. The number of hydrogen-bond acceptors (Lipinski definition) is 5. The lowest BCUT2D eigenvalue weighted by Crippen LogP contribution is -2.55. The molecule has 2 atom stereocenters. The molecule has 1 aliphatic rings. The first kappa shape index (κ1) is 22.7. The molecule has 2 N–H and O–H groups in total. The second kappa shape index (κ2) is 8.59. The Balaban J connectivity index is 0.00000338. The first-order chi connectivity index (χ1) is 11.6. The highest BCUT2D eigenvalue weighted by molar-refractivity contribution is 7.91. The van der Waals surface area contributed by atoms with Crippen molar-refractivity contribution in [3.05, 3.63) is 24.3 Å². The molecule has 6 nitrogen and oxygen atoms in total. The minimum Gasteiger partial charge on any atom is -0.497 e. The predicted octanol–water partition coefficient (Wildman–Crippen LogP) is 2.11. The summed E-state index contributed by atoms with van der Waals surface area (Å²) in [5.74, 6) is -0.342. The Kier molecular flexibility index (Phi) is 7.51. The standard InChI is InChI=1S/C18H28N2O4S.ClH/c1-13(17(21)20-10-9-16(19)18(2,3)12-20)11-25(22,23)15-7-5-14(24-4)6-8-15;/h5-8,13,16H,9-12,19H2,1-4H3;1H. The maximum Gasteiger partial charge on any atom is 0.226 e. The van der Waals surface area contributed by atoms with Crippen molar-refractivity contribution in [2.24, 2.45) is 17.1 Å². The van der Waals surface area contributed by atoms with E-state index in [2.05, 4.69) is 0 Å².